The number of anilines is 2. The highest BCUT2D eigenvalue weighted by atomic mass is 19.3. The van der Waals surface area contributed by atoms with Crippen molar-refractivity contribution in [2.75, 3.05) is 50.2 Å². The first-order valence-corrected chi connectivity index (χ1v) is 20.5. The topological polar surface area (TPSA) is 227 Å². The van der Waals surface area contributed by atoms with Gasteiger partial charge in [0.05, 0.1) is 42.9 Å². The average Bonchev–Trinajstić information content (AvgIpc) is 3.63. The predicted octanol–water partition coefficient (Wildman–Crippen LogP) is 5.22. The van der Waals surface area contributed by atoms with Gasteiger partial charge in [-0.1, -0.05) is 12.1 Å². The number of fused-ring (bicyclic) bond motifs is 1. The van der Waals surface area contributed by atoms with E-state index in [0.29, 0.717) is 72.3 Å². The van der Waals surface area contributed by atoms with E-state index in [-0.39, 0.29) is 55.1 Å². The van der Waals surface area contributed by atoms with Gasteiger partial charge in [0.15, 0.2) is 17.0 Å². The van der Waals surface area contributed by atoms with E-state index in [9.17, 15) is 32.8 Å². The first-order chi connectivity index (χ1) is 30.6. The summed E-state index contributed by atoms with van der Waals surface area (Å²) in [5.41, 5.74) is 2.00. The van der Waals surface area contributed by atoms with Gasteiger partial charge in [-0.2, -0.15) is 5.10 Å². The number of nitrogens with zero attached hydrogens (tertiary/aromatic N) is 5. The summed E-state index contributed by atoms with van der Waals surface area (Å²) in [5.74, 6) is -1.22. The molecule has 1 aliphatic carbocycles. The van der Waals surface area contributed by atoms with Crippen LogP contribution < -0.4 is 27.0 Å². The van der Waals surface area contributed by atoms with Gasteiger partial charge in [-0.3, -0.25) is 29.1 Å². The van der Waals surface area contributed by atoms with Crippen molar-refractivity contribution in [2.24, 2.45) is 5.92 Å². The molecule has 63 heavy (non-hydrogen) atoms. The number of aromatic nitrogens is 5. The molecule has 5 heterocycles. The number of nitrogens with one attached hydrogen (secondary N) is 4. The number of para-hydroxylation sites is 1. The fraction of sp³-hybridized carbons (Fsp3) is 0.349. The van der Waals surface area contributed by atoms with Gasteiger partial charge in [-0.25, -0.2) is 28.2 Å². The van der Waals surface area contributed by atoms with Gasteiger partial charge >= 0.3 is 5.76 Å². The number of benzene rings is 2. The molecule has 4 amide bonds. The number of amides is 4. The van der Waals surface area contributed by atoms with Crippen molar-refractivity contribution in [1.29, 1.82) is 0 Å². The van der Waals surface area contributed by atoms with E-state index in [4.69, 9.17) is 18.3 Å². The molecular formula is C43H43F2N9O9. The number of oxazole rings is 2. The van der Waals surface area contributed by atoms with Crippen molar-refractivity contribution in [3.8, 4) is 17.1 Å². The summed E-state index contributed by atoms with van der Waals surface area (Å²) in [6, 6.07) is 14.1. The van der Waals surface area contributed by atoms with Crippen molar-refractivity contribution in [1.82, 2.24) is 34.9 Å². The van der Waals surface area contributed by atoms with E-state index in [1.807, 2.05) is 6.07 Å². The molecule has 2 fully saturated rings. The standard InChI is InChI=1S/C43H43F2N9O9/c44-38(45)36-30(49-40(57)31-24-62-42(50-31)28-14-15-46-34(21-28)48-22-25-6-7-25)23-53(52-36)29-10-8-27(9-11-29)39(56)47-16-18-61-20-19-60-17-2-4-26-3-1-5-32-37(26)63-43(59)54(32)33-12-13-35(55)51-41(33)58/h1,3,5,8-11,14-15,21,23-25,33,38H,2,4,6-7,12-13,16-20,22H2,(H,46,48)(H,47,56)(H,49,57)(H,51,55,58). The molecule has 8 rings (SSSR count). The lowest BCUT2D eigenvalue weighted by Gasteiger charge is -2.21. The van der Waals surface area contributed by atoms with E-state index in [1.165, 1.54) is 52.6 Å². The normalized spacial score (nSPS) is 15.2. The molecule has 0 radical (unpaired) electrons. The Morgan fingerprint density at radius 1 is 0.968 bits per heavy atom. The smallest absolute Gasteiger partial charge is 0.420 e. The summed E-state index contributed by atoms with van der Waals surface area (Å²) in [6.45, 7) is 2.30. The molecule has 1 saturated heterocycles. The molecule has 4 aromatic heterocycles. The van der Waals surface area contributed by atoms with Gasteiger partial charge in [0.2, 0.25) is 17.7 Å². The third-order valence-corrected chi connectivity index (χ3v) is 10.5. The van der Waals surface area contributed by atoms with Gasteiger partial charge in [0.25, 0.3) is 18.2 Å². The minimum Gasteiger partial charge on any atom is -0.444 e. The number of aryl methyl sites for hydroxylation is 1. The molecule has 2 aromatic carbocycles. The third-order valence-electron chi connectivity index (χ3n) is 10.5. The summed E-state index contributed by atoms with van der Waals surface area (Å²) in [6.07, 6.45) is 4.92. The zero-order valence-electron chi connectivity index (χ0n) is 33.8. The van der Waals surface area contributed by atoms with Gasteiger partial charge < -0.3 is 34.3 Å². The second-order valence-corrected chi connectivity index (χ2v) is 15.0. The van der Waals surface area contributed by atoms with Crippen molar-refractivity contribution < 1.29 is 46.3 Å². The lowest BCUT2D eigenvalue weighted by atomic mass is 10.0. The molecular weight excluding hydrogens is 825 g/mol. The fourth-order valence-corrected chi connectivity index (χ4v) is 7.03. The molecule has 1 saturated carbocycles. The van der Waals surface area contributed by atoms with Gasteiger partial charge in [-0.05, 0) is 86.1 Å². The zero-order valence-corrected chi connectivity index (χ0v) is 33.8. The lowest BCUT2D eigenvalue weighted by Crippen LogP contribution is -2.43. The van der Waals surface area contributed by atoms with Crippen LogP contribution >= 0.6 is 0 Å². The van der Waals surface area contributed by atoms with Crippen LogP contribution in [0.2, 0.25) is 0 Å². The minimum atomic E-state index is -3.00. The van der Waals surface area contributed by atoms with Gasteiger partial charge in [-0.15, -0.1) is 0 Å². The Bertz CT molecular complexity index is 2670. The molecule has 1 aliphatic heterocycles. The maximum absolute atomic E-state index is 14.0. The van der Waals surface area contributed by atoms with Crippen LogP contribution in [0.25, 0.3) is 28.2 Å². The van der Waals surface area contributed by atoms with Crippen LogP contribution in [0, 0.1) is 5.92 Å². The fourth-order valence-electron chi connectivity index (χ4n) is 7.03. The van der Waals surface area contributed by atoms with E-state index in [1.54, 1.807) is 30.5 Å². The van der Waals surface area contributed by atoms with Gasteiger partial charge in [0, 0.05) is 43.4 Å². The van der Waals surface area contributed by atoms with E-state index in [2.05, 4.69) is 36.3 Å². The van der Waals surface area contributed by atoms with Crippen LogP contribution in [0.1, 0.15) is 76.7 Å². The number of carbonyl (C=O) groups is 4. The molecule has 0 spiro atoms. The Morgan fingerprint density at radius 2 is 1.78 bits per heavy atom. The van der Waals surface area contributed by atoms with Crippen molar-refractivity contribution in [2.45, 2.75) is 51.0 Å². The second-order valence-electron chi connectivity index (χ2n) is 15.0. The zero-order chi connectivity index (χ0) is 43.9. The van der Waals surface area contributed by atoms with Crippen molar-refractivity contribution >= 4 is 46.2 Å². The number of imide groups is 1. The highest BCUT2D eigenvalue weighted by Crippen LogP contribution is 2.31. The Kier molecular flexibility index (Phi) is 13.1. The SMILES string of the molecule is O=C1CCC(n2c(=O)oc3c(CCCOCCOCCNC(=O)c4ccc(-n5cc(NC(=O)c6coc(-c7ccnc(NCC8CC8)c7)n6)c(C(F)F)n5)cc4)cccc32)C(=O)N1. The van der Waals surface area contributed by atoms with Crippen LogP contribution in [-0.2, 0) is 25.5 Å². The summed E-state index contributed by atoms with van der Waals surface area (Å²) in [4.78, 5) is 71.0. The minimum absolute atomic E-state index is 0.115. The number of hydrogen-bond donors (Lipinski definition) is 4. The van der Waals surface area contributed by atoms with Crippen molar-refractivity contribution in [3.63, 3.8) is 0 Å². The Balaban J connectivity index is 0.748. The van der Waals surface area contributed by atoms with Crippen LogP contribution in [0.15, 0.2) is 86.9 Å². The number of piperidine rings is 1. The lowest BCUT2D eigenvalue weighted by molar-refractivity contribution is -0.135. The molecule has 328 valence electrons. The second kappa shape index (κ2) is 19.3. The van der Waals surface area contributed by atoms with Crippen LogP contribution in [0.4, 0.5) is 20.3 Å². The number of rotatable bonds is 20. The summed E-state index contributed by atoms with van der Waals surface area (Å²) in [7, 11) is 0. The molecule has 18 nitrogen and oxygen atoms in total. The summed E-state index contributed by atoms with van der Waals surface area (Å²) < 4.78 is 52.8. The largest absolute Gasteiger partial charge is 0.444 e. The molecule has 6 aromatic rings. The van der Waals surface area contributed by atoms with E-state index < -0.39 is 35.7 Å². The van der Waals surface area contributed by atoms with Crippen molar-refractivity contribution in [3.05, 3.63) is 106 Å². The van der Waals surface area contributed by atoms with E-state index >= 15 is 0 Å². The molecule has 2 aliphatic rings. The first kappa shape index (κ1) is 42.6. The van der Waals surface area contributed by atoms with E-state index in [0.717, 1.165) is 18.4 Å². The number of halogens is 2. The third kappa shape index (κ3) is 10.4. The van der Waals surface area contributed by atoms with Crippen LogP contribution in [0.5, 0.6) is 0 Å². The van der Waals surface area contributed by atoms with Crippen LogP contribution in [0.3, 0.4) is 0 Å². The number of ether oxygens (including phenoxy) is 2. The molecule has 0 bridgehead atoms. The summed E-state index contributed by atoms with van der Waals surface area (Å²) >= 11 is 0. The number of carbonyl (C=O) groups excluding carboxylic acids is 4. The Hall–Kier alpha value is -7.06. The predicted molar refractivity (Wildman–Crippen MR) is 222 cm³/mol. The Morgan fingerprint density at radius 3 is 2.56 bits per heavy atom. The maximum atomic E-state index is 14.0. The highest BCUT2D eigenvalue weighted by Gasteiger charge is 2.32. The number of pyridine rings is 1. The molecule has 4 N–H and O–H groups in total. The monoisotopic (exact) mass is 867 g/mol. The highest BCUT2D eigenvalue weighted by molar-refractivity contribution is 6.03. The Labute approximate surface area is 357 Å². The molecule has 20 heteroatoms. The first-order valence-electron chi connectivity index (χ1n) is 20.5. The van der Waals surface area contributed by atoms with Gasteiger partial charge in [0.1, 0.15) is 18.1 Å². The molecule has 1 unspecified atom stereocenters. The number of hydrogen-bond acceptors (Lipinski definition) is 13. The summed E-state index contributed by atoms with van der Waals surface area (Å²) in [5, 5.41) is 14.7. The quantitative estimate of drug-likeness (QED) is 0.0571. The number of alkyl halides is 2. The molecule has 1 atom stereocenters. The average molecular weight is 868 g/mol. The maximum Gasteiger partial charge on any atom is 0.420 e. The van der Waals surface area contributed by atoms with Crippen LogP contribution in [-0.4, -0.2) is 87.5 Å².